The van der Waals surface area contributed by atoms with Crippen LogP contribution in [0.1, 0.15) is 40.5 Å². The summed E-state index contributed by atoms with van der Waals surface area (Å²) in [7, 11) is 0. The summed E-state index contributed by atoms with van der Waals surface area (Å²) in [5.41, 5.74) is -0.0460. The van der Waals surface area contributed by atoms with Crippen LogP contribution in [0, 0.1) is 5.92 Å². The first-order valence-electron chi connectivity index (χ1n) is 6.39. The normalized spacial score (nSPS) is 26.2. The van der Waals surface area contributed by atoms with E-state index in [0.29, 0.717) is 5.88 Å². The highest BCUT2D eigenvalue weighted by atomic mass is 35.5. The summed E-state index contributed by atoms with van der Waals surface area (Å²) in [5.74, 6) is 1.40. The zero-order valence-corrected chi connectivity index (χ0v) is 11.9. The summed E-state index contributed by atoms with van der Waals surface area (Å²) in [4.78, 5) is 2.50. The van der Waals surface area contributed by atoms with Gasteiger partial charge in [0, 0.05) is 19.0 Å². The average Bonchev–Trinajstić information content (AvgIpc) is 2.14. The minimum absolute atomic E-state index is 0.0460. The number of hydrogen-bond donors (Lipinski definition) is 0. The van der Waals surface area contributed by atoms with Crippen molar-refractivity contribution in [2.75, 3.05) is 25.5 Å². The first-order chi connectivity index (χ1) is 7.43. The van der Waals surface area contributed by atoms with Crippen molar-refractivity contribution in [1.82, 2.24) is 4.90 Å². The topological polar surface area (TPSA) is 12.5 Å². The van der Waals surface area contributed by atoms with Gasteiger partial charge in [-0.3, -0.25) is 4.90 Å². The Morgan fingerprint density at radius 1 is 1.44 bits per heavy atom. The molecule has 0 N–H and O–H groups in total. The van der Waals surface area contributed by atoms with Crippen LogP contribution in [0.5, 0.6) is 0 Å². The number of alkyl halides is 1. The fraction of sp³-hybridized carbons (Fsp3) is 1.00. The van der Waals surface area contributed by atoms with Crippen molar-refractivity contribution >= 4 is 11.6 Å². The van der Waals surface area contributed by atoms with Gasteiger partial charge in [0.2, 0.25) is 0 Å². The number of nitrogens with zero attached hydrogens (tertiary/aromatic N) is 1. The minimum atomic E-state index is -0.0460. The van der Waals surface area contributed by atoms with Crippen molar-refractivity contribution in [2.24, 2.45) is 5.92 Å². The molecule has 0 radical (unpaired) electrons. The van der Waals surface area contributed by atoms with E-state index < -0.39 is 0 Å². The molecule has 1 unspecified atom stereocenters. The Hall–Kier alpha value is 0.210. The molecule has 1 aliphatic heterocycles. The Kier molecular flexibility index (Phi) is 5.55. The maximum Gasteiger partial charge on any atom is 0.0844 e. The lowest BCUT2D eigenvalue weighted by molar-refractivity contribution is -0.127. The first kappa shape index (κ1) is 14.3. The van der Waals surface area contributed by atoms with Crippen LogP contribution in [-0.2, 0) is 4.74 Å². The molecule has 0 aromatic carbocycles. The number of halogens is 1. The molecule has 16 heavy (non-hydrogen) atoms. The highest BCUT2D eigenvalue weighted by molar-refractivity contribution is 6.18. The number of hydrogen-bond acceptors (Lipinski definition) is 2. The molecule has 3 heteroatoms. The second-order valence-electron chi connectivity index (χ2n) is 5.93. The molecule has 1 saturated heterocycles. The quantitative estimate of drug-likeness (QED) is 0.692. The molecule has 1 fully saturated rings. The molecule has 0 aliphatic carbocycles. The maximum absolute atomic E-state index is 5.91. The molecule has 1 heterocycles. The predicted octanol–water partition coefficient (Wildman–Crippen LogP) is 3.14. The fourth-order valence-corrected chi connectivity index (χ4v) is 2.55. The van der Waals surface area contributed by atoms with Crippen LogP contribution in [0.4, 0.5) is 0 Å². The molecule has 2 nitrogen and oxygen atoms in total. The van der Waals surface area contributed by atoms with Crippen LogP contribution in [0.2, 0.25) is 0 Å². The van der Waals surface area contributed by atoms with E-state index in [1.807, 2.05) is 0 Å². The zero-order valence-electron chi connectivity index (χ0n) is 11.1. The van der Waals surface area contributed by atoms with Gasteiger partial charge in [-0.25, -0.2) is 0 Å². The fourth-order valence-electron chi connectivity index (χ4n) is 2.39. The molecule has 0 amide bonds. The molecular formula is C13H26ClNO. The van der Waals surface area contributed by atoms with Gasteiger partial charge < -0.3 is 4.74 Å². The summed E-state index contributed by atoms with van der Waals surface area (Å²) in [5, 5.41) is 0. The van der Waals surface area contributed by atoms with Crippen LogP contribution < -0.4 is 0 Å². The molecule has 96 valence electrons. The van der Waals surface area contributed by atoms with Crippen LogP contribution in [-0.4, -0.2) is 42.1 Å². The summed E-state index contributed by atoms with van der Waals surface area (Å²) in [6.07, 6.45) is 2.79. The van der Waals surface area contributed by atoms with Gasteiger partial charge in [0.15, 0.2) is 0 Å². The molecule has 1 rings (SSSR count). The first-order valence-corrected chi connectivity index (χ1v) is 6.92. The van der Waals surface area contributed by atoms with Gasteiger partial charge in [0.1, 0.15) is 0 Å². The van der Waals surface area contributed by atoms with Crippen molar-refractivity contribution in [3.05, 3.63) is 0 Å². The Bertz CT molecular complexity index is 206. The summed E-state index contributed by atoms with van der Waals surface area (Å²) >= 11 is 5.91. The van der Waals surface area contributed by atoms with E-state index in [0.717, 1.165) is 19.0 Å². The van der Waals surface area contributed by atoms with E-state index in [4.69, 9.17) is 16.3 Å². The summed E-state index contributed by atoms with van der Waals surface area (Å²) in [6.45, 7) is 12.1. The van der Waals surface area contributed by atoms with Gasteiger partial charge in [-0.05, 0) is 39.2 Å². The van der Waals surface area contributed by atoms with Crippen LogP contribution >= 0.6 is 11.6 Å². The third-order valence-electron chi connectivity index (χ3n) is 2.98. The SMILES string of the molecule is CC(C)CCCN1CC(CCl)OC(C)(C)C1. The van der Waals surface area contributed by atoms with Crippen LogP contribution in [0.25, 0.3) is 0 Å². The van der Waals surface area contributed by atoms with Crippen molar-refractivity contribution in [1.29, 1.82) is 0 Å². The van der Waals surface area contributed by atoms with E-state index in [1.165, 1.54) is 19.4 Å². The number of rotatable bonds is 5. The Labute approximate surface area is 105 Å². The predicted molar refractivity (Wildman–Crippen MR) is 70.2 cm³/mol. The van der Waals surface area contributed by atoms with E-state index >= 15 is 0 Å². The standard InChI is InChI=1S/C13H26ClNO/c1-11(2)6-5-7-15-9-12(8-14)16-13(3,4)10-15/h11-12H,5-10H2,1-4H3. The van der Waals surface area contributed by atoms with E-state index in [-0.39, 0.29) is 11.7 Å². The van der Waals surface area contributed by atoms with Crippen LogP contribution in [0.15, 0.2) is 0 Å². The zero-order chi connectivity index (χ0) is 12.2. The van der Waals surface area contributed by atoms with Crippen molar-refractivity contribution in [3.63, 3.8) is 0 Å². The van der Waals surface area contributed by atoms with Crippen molar-refractivity contribution in [3.8, 4) is 0 Å². The van der Waals surface area contributed by atoms with Crippen LogP contribution in [0.3, 0.4) is 0 Å². The Morgan fingerprint density at radius 3 is 2.69 bits per heavy atom. The Morgan fingerprint density at radius 2 is 2.12 bits per heavy atom. The monoisotopic (exact) mass is 247 g/mol. The molecule has 0 saturated carbocycles. The third-order valence-corrected chi connectivity index (χ3v) is 3.32. The van der Waals surface area contributed by atoms with E-state index in [1.54, 1.807) is 0 Å². The van der Waals surface area contributed by atoms with Gasteiger partial charge in [0.25, 0.3) is 0 Å². The molecular weight excluding hydrogens is 222 g/mol. The Balaban J connectivity index is 2.35. The molecule has 0 aromatic heterocycles. The van der Waals surface area contributed by atoms with Crippen molar-refractivity contribution < 1.29 is 4.74 Å². The molecule has 1 aliphatic rings. The lowest BCUT2D eigenvalue weighted by atomic mass is 10.0. The third kappa shape index (κ3) is 5.03. The highest BCUT2D eigenvalue weighted by Crippen LogP contribution is 2.22. The van der Waals surface area contributed by atoms with Crippen molar-refractivity contribution in [2.45, 2.75) is 52.2 Å². The maximum atomic E-state index is 5.91. The van der Waals surface area contributed by atoms with Gasteiger partial charge in [-0.15, -0.1) is 11.6 Å². The second kappa shape index (κ2) is 6.23. The number of ether oxygens (including phenoxy) is 1. The molecule has 0 aromatic rings. The molecule has 1 atom stereocenters. The van der Waals surface area contributed by atoms with Gasteiger partial charge in [0.05, 0.1) is 11.7 Å². The van der Waals surface area contributed by atoms with Gasteiger partial charge in [-0.1, -0.05) is 13.8 Å². The van der Waals surface area contributed by atoms with E-state index in [2.05, 4.69) is 32.6 Å². The smallest absolute Gasteiger partial charge is 0.0844 e. The lowest BCUT2D eigenvalue weighted by Gasteiger charge is -2.42. The van der Waals surface area contributed by atoms with Gasteiger partial charge in [-0.2, -0.15) is 0 Å². The largest absolute Gasteiger partial charge is 0.368 e. The minimum Gasteiger partial charge on any atom is -0.368 e. The second-order valence-corrected chi connectivity index (χ2v) is 6.23. The summed E-state index contributed by atoms with van der Waals surface area (Å²) < 4.78 is 5.91. The number of morpholine rings is 1. The average molecular weight is 248 g/mol. The van der Waals surface area contributed by atoms with Gasteiger partial charge >= 0.3 is 0 Å². The molecule has 0 spiro atoms. The highest BCUT2D eigenvalue weighted by Gasteiger charge is 2.32. The van der Waals surface area contributed by atoms with E-state index in [9.17, 15) is 0 Å². The lowest BCUT2D eigenvalue weighted by Crippen LogP contribution is -2.53. The summed E-state index contributed by atoms with van der Waals surface area (Å²) in [6, 6.07) is 0. The molecule has 0 bridgehead atoms.